The summed E-state index contributed by atoms with van der Waals surface area (Å²) in [7, 11) is 1.70. The van der Waals surface area contributed by atoms with Gasteiger partial charge in [0.05, 0.1) is 7.11 Å². The van der Waals surface area contributed by atoms with Gasteiger partial charge in [0, 0.05) is 0 Å². The second-order valence-electron chi connectivity index (χ2n) is 6.36. The summed E-state index contributed by atoms with van der Waals surface area (Å²) in [5, 5.41) is 0. The maximum absolute atomic E-state index is 5.23. The van der Waals surface area contributed by atoms with Crippen LogP contribution in [0.2, 0.25) is 0 Å². The summed E-state index contributed by atoms with van der Waals surface area (Å²) >= 11 is 0. The molecule has 3 rings (SSSR count). The first-order chi connectivity index (χ1) is 12.3. The molecule has 0 aromatic heterocycles. The zero-order valence-electron chi connectivity index (χ0n) is 14.9. The van der Waals surface area contributed by atoms with Gasteiger partial charge in [-0.1, -0.05) is 60.7 Å². The number of hydrogen-bond acceptors (Lipinski definition) is 1. The van der Waals surface area contributed by atoms with Gasteiger partial charge in [0.15, 0.2) is 0 Å². The number of methoxy groups -OCH3 is 1. The quantitative estimate of drug-likeness (QED) is 0.533. The van der Waals surface area contributed by atoms with Gasteiger partial charge in [0.2, 0.25) is 0 Å². The molecule has 0 aliphatic carbocycles. The van der Waals surface area contributed by atoms with E-state index in [-0.39, 0.29) is 0 Å². The van der Waals surface area contributed by atoms with Crippen LogP contribution >= 0.6 is 0 Å². The van der Waals surface area contributed by atoms with Crippen molar-refractivity contribution >= 4 is 0 Å². The Hall–Kier alpha value is -2.54. The predicted molar refractivity (Wildman–Crippen MR) is 104 cm³/mol. The molecule has 0 aliphatic heterocycles. The van der Waals surface area contributed by atoms with Crippen molar-refractivity contribution in [2.75, 3.05) is 7.11 Å². The molecule has 0 fully saturated rings. The van der Waals surface area contributed by atoms with E-state index in [2.05, 4.69) is 60.7 Å². The van der Waals surface area contributed by atoms with E-state index in [1.807, 2.05) is 18.2 Å². The van der Waals surface area contributed by atoms with Gasteiger partial charge in [-0.3, -0.25) is 0 Å². The van der Waals surface area contributed by atoms with Crippen LogP contribution in [-0.2, 0) is 25.7 Å². The third-order valence-corrected chi connectivity index (χ3v) is 4.62. The molecule has 25 heavy (non-hydrogen) atoms. The van der Waals surface area contributed by atoms with Crippen LogP contribution in [0.1, 0.15) is 28.7 Å². The standard InChI is InChI=1S/C24H25O/c1-25-24-18-15-21(16-19-24)14-17-23-12-6-5-11-22(23)13-7-10-20-8-3-2-4-9-20/h2-6,8-9,12,15-16,18-19H,7,10,13-14,17H2,1H3. The van der Waals surface area contributed by atoms with Crippen molar-refractivity contribution in [3.63, 3.8) is 0 Å². The number of benzene rings is 3. The lowest BCUT2D eigenvalue weighted by molar-refractivity contribution is 0.414. The minimum atomic E-state index is 0.915. The van der Waals surface area contributed by atoms with Gasteiger partial charge in [-0.05, 0) is 72.6 Å². The van der Waals surface area contributed by atoms with Crippen LogP contribution in [0.4, 0.5) is 0 Å². The van der Waals surface area contributed by atoms with Gasteiger partial charge in [-0.25, -0.2) is 0 Å². The summed E-state index contributed by atoms with van der Waals surface area (Å²) in [5.41, 5.74) is 5.55. The highest BCUT2D eigenvalue weighted by Crippen LogP contribution is 2.17. The highest BCUT2D eigenvalue weighted by atomic mass is 16.5. The van der Waals surface area contributed by atoms with Crippen molar-refractivity contribution in [1.29, 1.82) is 0 Å². The van der Waals surface area contributed by atoms with Gasteiger partial charge < -0.3 is 4.74 Å². The molecule has 1 radical (unpaired) electrons. The van der Waals surface area contributed by atoms with Gasteiger partial charge in [-0.2, -0.15) is 0 Å². The molecule has 0 saturated heterocycles. The van der Waals surface area contributed by atoms with Crippen LogP contribution < -0.4 is 4.74 Å². The van der Waals surface area contributed by atoms with E-state index in [1.165, 1.54) is 28.7 Å². The van der Waals surface area contributed by atoms with Crippen molar-refractivity contribution in [1.82, 2.24) is 0 Å². The van der Waals surface area contributed by atoms with Gasteiger partial charge in [0.25, 0.3) is 0 Å². The zero-order valence-corrected chi connectivity index (χ0v) is 14.9. The highest BCUT2D eigenvalue weighted by Gasteiger charge is 2.04. The Morgan fingerprint density at radius 2 is 1.48 bits per heavy atom. The Morgan fingerprint density at radius 3 is 2.24 bits per heavy atom. The molecule has 0 unspecified atom stereocenters. The average molecular weight is 329 g/mol. The van der Waals surface area contributed by atoms with E-state index in [4.69, 9.17) is 4.74 Å². The average Bonchev–Trinajstić information content (AvgIpc) is 2.68. The molecule has 1 nitrogen and oxygen atoms in total. The molecule has 3 aromatic carbocycles. The van der Waals surface area contributed by atoms with E-state index in [1.54, 1.807) is 7.11 Å². The Morgan fingerprint density at radius 1 is 0.720 bits per heavy atom. The Bertz CT molecular complexity index is 760. The lowest BCUT2D eigenvalue weighted by atomic mass is 9.96. The van der Waals surface area contributed by atoms with Crippen molar-refractivity contribution in [3.05, 3.63) is 101 Å². The molecule has 0 heterocycles. The van der Waals surface area contributed by atoms with E-state index < -0.39 is 0 Å². The number of rotatable bonds is 8. The molecule has 0 N–H and O–H groups in total. The molecule has 0 saturated carbocycles. The van der Waals surface area contributed by atoms with E-state index in [0.29, 0.717) is 0 Å². The van der Waals surface area contributed by atoms with Crippen molar-refractivity contribution < 1.29 is 4.74 Å². The SMILES string of the molecule is COc1ccc(CCc2ccc[c]c2CCCc2ccccc2)cc1. The first-order valence-corrected chi connectivity index (χ1v) is 9.00. The maximum atomic E-state index is 5.23. The second-order valence-corrected chi connectivity index (χ2v) is 6.36. The van der Waals surface area contributed by atoms with Crippen molar-refractivity contribution in [3.8, 4) is 5.75 Å². The molecular formula is C24H25O. The van der Waals surface area contributed by atoms with Crippen LogP contribution in [0.5, 0.6) is 5.75 Å². The molecule has 3 aromatic rings. The molecular weight excluding hydrogens is 304 g/mol. The fourth-order valence-corrected chi connectivity index (χ4v) is 3.16. The van der Waals surface area contributed by atoms with Crippen LogP contribution in [-0.4, -0.2) is 7.11 Å². The molecule has 127 valence electrons. The van der Waals surface area contributed by atoms with Crippen LogP contribution in [0.15, 0.2) is 72.8 Å². The van der Waals surface area contributed by atoms with Crippen LogP contribution in [0.3, 0.4) is 0 Å². The summed E-state index contributed by atoms with van der Waals surface area (Å²) in [6, 6.07) is 28.9. The van der Waals surface area contributed by atoms with Crippen LogP contribution in [0, 0.1) is 6.07 Å². The largest absolute Gasteiger partial charge is 0.497 e. The number of hydrogen-bond donors (Lipinski definition) is 0. The Kier molecular flexibility index (Phi) is 6.28. The molecule has 0 atom stereocenters. The lowest BCUT2D eigenvalue weighted by Crippen LogP contribution is -1.99. The van der Waals surface area contributed by atoms with E-state index in [9.17, 15) is 0 Å². The molecule has 0 aliphatic rings. The Balaban J connectivity index is 1.56. The minimum absolute atomic E-state index is 0.915. The first kappa shape index (κ1) is 17.3. The normalized spacial score (nSPS) is 10.6. The number of ether oxygens (including phenoxy) is 1. The maximum Gasteiger partial charge on any atom is 0.118 e. The smallest absolute Gasteiger partial charge is 0.118 e. The fourth-order valence-electron chi connectivity index (χ4n) is 3.16. The third-order valence-electron chi connectivity index (χ3n) is 4.62. The molecule has 0 spiro atoms. The lowest BCUT2D eigenvalue weighted by Gasteiger charge is -2.10. The summed E-state index contributed by atoms with van der Waals surface area (Å²) in [4.78, 5) is 0. The molecule has 1 heteroatoms. The minimum Gasteiger partial charge on any atom is -0.497 e. The third kappa shape index (κ3) is 5.22. The summed E-state index contributed by atoms with van der Waals surface area (Å²) in [5.74, 6) is 0.915. The van der Waals surface area contributed by atoms with Gasteiger partial charge in [0.1, 0.15) is 5.75 Å². The zero-order chi connectivity index (χ0) is 17.3. The van der Waals surface area contributed by atoms with Crippen molar-refractivity contribution in [2.24, 2.45) is 0 Å². The van der Waals surface area contributed by atoms with Crippen LogP contribution in [0.25, 0.3) is 0 Å². The van der Waals surface area contributed by atoms with Gasteiger partial charge in [-0.15, -0.1) is 0 Å². The van der Waals surface area contributed by atoms with E-state index >= 15 is 0 Å². The topological polar surface area (TPSA) is 9.23 Å². The predicted octanol–water partition coefficient (Wildman–Crippen LogP) is 5.46. The molecule has 0 amide bonds. The van der Waals surface area contributed by atoms with Gasteiger partial charge >= 0.3 is 0 Å². The number of aryl methyl sites for hydroxylation is 4. The summed E-state index contributed by atoms with van der Waals surface area (Å²) in [6.07, 6.45) is 5.49. The second kappa shape index (κ2) is 9.08. The van der Waals surface area contributed by atoms with E-state index in [0.717, 1.165) is 31.4 Å². The summed E-state index contributed by atoms with van der Waals surface area (Å²) < 4.78 is 5.23. The first-order valence-electron chi connectivity index (χ1n) is 9.00. The van der Waals surface area contributed by atoms with Crippen molar-refractivity contribution in [2.45, 2.75) is 32.1 Å². The fraction of sp³-hybridized carbons (Fsp3) is 0.250. The monoisotopic (exact) mass is 329 g/mol. The highest BCUT2D eigenvalue weighted by molar-refractivity contribution is 5.30. The molecule has 0 bridgehead atoms. The summed E-state index contributed by atoms with van der Waals surface area (Å²) in [6.45, 7) is 0. The Labute approximate surface area is 151 Å².